The van der Waals surface area contributed by atoms with Gasteiger partial charge in [0.05, 0.1) is 0 Å². The van der Waals surface area contributed by atoms with Crippen molar-refractivity contribution >= 4 is 11.8 Å². The highest BCUT2D eigenvalue weighted by Gasteiger charge is 2.76. The van der Waals surface area contributed by atoms with Crippen molar-refractivity contribution in [3.8, 4) is 0 Å². The summed E-state index contributed by atoms with van der Waals surface area (Å²) in [5, 5.41) is 2.32. The maximum atomic E-state index is 13.2. The number of aromatic amines is 1. The second-order valence-electron chi connectivity index (χ2n) is 4.37. The summed E-state index contributed by atoms with van der Waals surface area (Å²) in [5.41, 5.74) is -10.0. The number of hydrogen-bond acceptors (Lipinski definition) is 3. The van der Waals surface area contributed by atoms with E-state index in [1.165, 1.54) is 4.98 Å². The fraction of sp³-hybridized carbons (Fsp3) is 0.444. The summed E-state index contributed by atoms with van der Waals surface area (Å²) in [4.78, 5) is 35.5. The van der Waals surface area contributed by atoms with Crippen LogP contribution in [0.3, 0.4) is 0 Å². The predicted octanol–water partition coefficient (Wildman–Crippen LogP) is 0.529. The van der Waals surface area contributed by atoms with Gasteiger partial charge < -0.3 is 5.32 Å². The Bertz CT molecular complexity index is 745. The Labute approximate surface area is 115 Å². The molecule has 0 saturated heterocycles. The highest BCUT2D eigenvalue weighted by atomic mass is 19.4. The van der Waals surface area contributed by atoms with Gasteiger partial charge in [-0.05, 0) is 0 Å². The maximum Gasteiger partial charge on any atom is 0.425 e. The Morgan fingerprint density at radius 2 is 1.50 bits per heavy atom. The van der Waals surface area contributed by atoms with Gasteiger partial charge in [0.1, 0.15) is 11.4 Å². The highest BCUT2D eigenvalue weighted by Crippen LogP contribution is 2.51. The molecule has 0 atom stereocenters. The second kappa shape index (κ2) is 4.27. The third kappa shape index (κ3) is 1.88. The number of carbonyl (C=O) groups is 1. The zero-order chi connectivity index (χ0) is 17.1. The van der Waals surface area contributed by atoms with Gasteiger partial charge >= 0.3 is 24.1 Å². The minimum absolute atomic E-state index is 0.266. The lowest BCUT2D eigenvalue weighted by Gasteiger charge is -2.41. The molecule has 1 aromatic rings. The van der Waals surface area contributed by atoms with Crippen molar-refractivity contribution in [3.05, 3.63) is 26.4 Å². The van der Waals surface area contributed by atoms with E-state index in [9.17, 15) is 40.7 Å². The van der Waals surface area contributed by atoms with Crippen LogP contribution in [0.5, 0.6) is 0 Å². The van der Waals surface area contributed by atoms with Crippen LogP contribution in [-0.2, 0) is 12.6 Å². The normalized spacial score (nSPS) is 17.5. The van der Waals surface area contributed by atoms with Crippen LogP contribution >= 0.6 is 0 Å². The van der Waals surface area contributed by atoms with Gasteiger partial charge in [-0.25, -0.2) is 9.59 Å². The van der Waals surface area contributed by atoms with Crippen molar-refractivity contribution in [2.75, 3.05) is 5.32 Å². The molecule has 2 rings (SSSR count). The summed E-state index contributed by atoms with van der Waals surface area (Å²) in [6.07, 6.45) is -12.2. The Kier molecular flexibility index (Phi) is 3.09. The smallest absolute Gasteiger partial charge is 0.312 e. The summed E-state index contributed by atoms with van der Waals surface area (Å²) in [7, 11) is 0.792. The first-order valence-corrected chi connectivity index (χ1v) is 5.39. The van der Waals surface area contributed by atoms with Crippen molar-refractivity contribution in [3.63, 3.8) is 0 Å². The lowest BCUT2D eigenvalue weighted by Crippen LogP contribution is -2.70. The quantitative estimate of drug-likeness (QED) is 0.605. The summed E-state index contributed by atoms with van der Waals surface area (Å²) < 4.78 is 79.2. The van der Waals surface area contributed by atoms with E-state index in [1.54, 1.807) is 5.32 Å². The average molecular weight is 332 g/mol. The number of anilines is 1. The standard InChI is InChI=1S/C9H6F6N4O3/c1-19-3-2(4(20)17-6(19)22)7(8(10,11)12,9(13,14)15)18-5(21)16-3/h1H3,(H2,16,18,21)(H,17,20,22). The van der Waals surface area contributed by atoms with E-state index in [4.69, 9.17) is 0 Å². The van der Waals surface area contributed by atoms with Crippen molar-refractivity contribution in [2.24, 2.45) is 7.05 Å². The van der Waals surface area contributed by atoms with Gasteiger partial charge in [0.2, 0.25) is 0 Å². The molecule has 7 nitrogen and oxygen atoms in total. The number of halogens is 6. The molecule has 22 heavy (non-hydrogen) atoms. The lowest BCUT2D eigenvalue weighted by atomic mass is 9.87. The van der Waals surface area contributed by atoms with Gasteiger partial charge in [0.15, 0.2) is 0 Å². The molecule has 0 bridgehead atoms. The number of urea groups is 1. The largest absolute Gasteiger partial charge is 0.425 e. The first-order valence-electron chi connectivity index (χ1n) is 5.39. The number of alkyl halides is 6. The van der Waals surface area contributed by atoms with Crippen molar-refractivity contribution in [1.82, 2.24) is 14.9 Å². The van der Waals surface area contributed by atoms with Crippen molar-refractivity contribution in [1.29, 1.82) is 0 Å². The van der Waals surface area contributed by atoms with Crippen LogP contribution in [0, 0.1) is 0 Å². The molecule has 0 fully saturated rings. The molecule has 0 aliphatic carbocycles. The molecule has 1 aromatic heterocycles. The number of nitrogens with zero attached hydrogens (tertiary/aromatic N) is 1. The van der Waals surface area contributed by atoms with Gasteiger partial charge in [0.25, 0.3) is 11.1 Å². The van der Waals surface area contributed by atoms with Crippen LogP contribution in [0.1, 0.15) is 5.56 Å². The molecule has 3 N–H and O–H groups in total. The van der Waals surface area contributed by atoms with Crippen molar-refractivity contribution in [2.45, 2.75) is 17.9 Å². The first-order chi connectivity index (χ1) is 9.83. The van der Waals surface area contributed by atoms with E-state index < -0.39 is 46.6 Å². The molecule has 0 saturated carbocycles. The number of hydrogen-bond donors (Lipinski definition) is 3. The SMILES string of the molecule is Cn1c2c(c(=O)[nH]c1=O)C(C(F)(F)F)(C(F)(F)F)NC(=O)N2. The van der Waals surface area contributed by atoms with Crippen LogP contribution in [-0.4, -0.2) is 27.9 Å². The topological polar surface area (TPSA) is 96.0 Å². The molecular weight excluding hydrogens is 326 g/mol. The van der Waals surface area contributed by atoms with E-state index in [-0.39, 0.29) is 4.57 Å². The minimum Gasteiger partial charge on any atom is -0.312 e. The van der Waals surface area contributed by atoms with E-state index in [0.29, 0.717) is 0 Å². The molecule has 13 heteroatoms. The van der Waals surface area contributed by atoms with Crippen molar-refractivity contribution < 1.29 is 31.1 Å². The fourth-order valence-corrected chi connectivity index (χ4v) is 2.07. The van der Waals surface area contributed by atoms with E-state index >= 15 is 0 Å². The number of carbonyl (C=O) groups excluding carboxylic acids is 1. The van der Waals surface area contributed by atoms with Crippen LogP contribution in [0.2, 0.25) is 0 Å². The van der Waals surface area contributed by atoms with Gasteiger partial charge in [-0.3, -0.25) is 19.7 Å². The predicted molar refractivity (Wildman–Crippen MR) is 58.2 cm³/mol. The molecule has 1 aliphatic rings. The fourth-order valence-electron chi connectivity index (χ4n) is 2.07. The van der Waals surface area contributed by atoms with Gasteiger partial charge in [0, 0.05) is 7.05 Å². The molecule has 0 aromatic carbocycles. The first kappa shape index (κ1) is 15.9. The summed E-state index contributed by atoms with van der Waals surface area (Å²) in [5.74, 6) is -1.19. The summed E-state index contributed by atoms with van der Waals surface area (Å²) in [6, 6.07) is -1.86. The summed E-state index contributed by atoms with van der Waals surface area (Å²) in [6.45, 7) is 0. The Morgan fingerprint density at radius 1 is 1.00 bits per heavy atom. The number of fused-ring (bicyclic) bond motifs is 1. The van der Waals surface area contributed by atoms with Crippen LogP contribution < -0.4 is 21.9 Å². The minimum atomic E-state index is -6.08. The van der Waals surface area contributed by atoms with E-state index in [0.717, 1.165) is 12.4 Å². The van der Waals surface area contributed by atoms with Crippen LogP contribution in [0.15, 0.2) is 9.59 Å². The zero-order valence-electron chi connectivity index (χ0n) is 10.4. The number of rotatable bonds is 0. The average Bonchev–Trinajstić information content (AvgIpc) is 2.32. The Balaban J connectivity index is 3.05. The number of H-pyrrole nitrogens is 1. The zero-order valence-corrected chi connectivity index (χ0v) is 10.4. The van der Waals surface area contributed by atoms with E-state index in [1.807, 2.05) is 0 Å². The van der Waals surface area contributed by atoms with E-state index in [2.05, 4.69) is 0 Å². The third-order valence-corrected chi connectivity index (χ3v) is 3.08. The number of amides is 2. The molecular formula is C9H6F6N4O3. The third-order valence-electron chi connectivity index (χ3n) is 3.08. The summed E-state index contributed by atoms with van der Waals surface area (Å²) >= 11 is 0. The molecule has 2 amide bonds. The highest BCUT2D eigenvalue weighted by molar-refractivity contribution is 5.93. The number of aromatic nitrogens is 2. The number of nitrogens with one attached hydrogen (secondary N) is 3. The van der Waals surface area contributed by atoms with Crippen LogP contribution in [0.25, 0.3) is 0 Å². The molecule has 0 radical (unpaired) electrons. The van der Waals surface area contributed by atoms with Crippen LogP contribution in [0.4, 0.5) is 37.0 Å². The van der Waals surface area contributed by atoms with Gasteiger partial charge in [-0.15, -0.1) is 0 Å². The molecule has 2 heterocycles. The Hall–Kier alpha value is -2.47. The second-order valence-corrected chi connectivity index (χ2v) is 4.37. The Morgan fingerprint density at radius 3 is 1.95 bits per heavy atom. The molecule has 122 valence electrons. The van der Waals surface area contributed by atoms with Gasteiger partial charge in [-0.1, -0.05) is 0 Å². The lowest BCUT2D eigenvalue weighted by molar-refractivity contribution is -0.310. The molecule has 0 unspecified atom stereocenters. The molecule has 0 spiro atoms. The monoisotopic (exact) mass is 332 g/mol. The maximum absolute atomic E-state index is 13.2. The molecule has 1 aliphatic heterocycles. The van der Waals surface area contributed by atoms with Gasteiger partial charge in [-0.2, -0.15) is 26.3 Å².